The Balaban J connectivity index is 2.11. The molecule has 0 amide bonds. The van der Waals surface area contributed by atoms with Crippen molar-refractivity contribution in [1.29, 1.82) is 0 Å². The van der Waals surface area contributed by atoms with Gasteiger partial charge in [0.25, 0.3) is 0 Å². The van der Waals surface area contributed by atoms with Gasteiger partial charge < -0.3 is 4.74 Å². The Morgan fingerprint density at radius 3 is 2.63 bits per heavy atom. The lowest BCUT2D eigenvalue weighted by Crippen LogP contribution is -1.92. The molecule has 0 atom stereocenters. The Morgan fingerprint density at radius 2 is 2.00 bits per heavy atom. The fraction of sp³-hybridized carbons (Fsp3) is 0.0714. The van der Waals surface area contributed by atoms with Crippen molar-refractivity contribution >= 4 is 39.4 Å². The second-order valence-electron chi connectivity index (χ2n) is 3.75. The molecule has 0 fully saturated rings. The first-order valence-corrected chi connectivity index (χ1v) is 6.75. The SMILES string of the molecule is COc1c(Cl)cc(C=NNc2ccccc2)cc1Br. The summed E-state index contributed by atoms with van der Waals surface area (Å²) in [6.45, 7) is 0. The van der Waals surface area contributed by atoms with Crippen LogP contribution in [-0.2, 0) is 0 Å². The molecule has 0 heterocycles. The number of hydrogen-bond donors (Lipinski definition) is 1. The molecule has 0 bridgehead atoms. The van der Waals surface area contributed by atoms with Crippen molar-refractivity contribution in [2.75, 3.05) is 12.5 Å². The van der Waals surface area contributed by atoms with Gasteiger partial charge in [-0.05, 0) is 45.8 Å². The predicted molar refractivity (Wildman–Crippen MR) is 83.4 cm³/mol. The molecular weight excluding hydrogens is 328 g/mol. The monoisotopic (exact) mass is 338 g/mol. The van der Waals surface area contributed by atoms with Gasteiger partial charge in [0.2, 0.25) is 0 Å². The van der Waals surface area contributed by atoms with Gasteiger partial charge in [-0.1, -0.05) is 29.8 Å². The summed E-state index contributed by atoms with van der Waals surface area (Å²) in [5.41, 5.74) is 4.74. The van der Waals surface area contributed by atoms with Gasteiger partial charge in [-0.15, -0.1) is 0 Å². The van der Waals surface area contributed by atoms with Crippen LogP contribution in [0.4, 0.5) is 5.69 Å². The molecule has 19 heavy (non-hydrogen) atoms. The van der Waals surface area contributed by atoms with Crippen molar-refractivity contribution < 1.29 is 4.74 Å². The first kappa shape index (κ1) is 13.9. The Morgan fingerprint density at radius 1 is 1.26 bits per heavy atom. The summed E-state index contributed by atoms with van der Waals surface area (Å²) < 4.78 is 5.96. The maximum atomic E-state index is 6.09. The van der Waals surface area contributed by atoms with E-state index in [1.165, 1.54) is 0 Å². The minimum absolute atomic E-state index is 0.540. The van der Waals surface area contributed by atoms with E-state index in [0.717, 1.165) is 15.7 Å². The molecule has 3 nitrogen and oxygen atoms in total. The van der Waals surface area contributed by atoms with Gasteiger partial charge in [0.15, 0.2) is 5.75 Å². The standard InChI is InChI=1S/C14H12BrClN2O/c1-19-14-12(15)7-10(8-13(14)16)9-17-18-11-5-3-2-4-6-11/h2-9,18H,1H3. The highest BCUT2D eigenvalue weighted by Gasteiger charge is 2.06. The van der Waals surface area contributed by atoms with Crippen LogP contribution >= 0.6 is 27.5 Å². The van der Waals surface area contributed by atoms with Crippen LogP contribution in [0.15, 0.2) is 52.0 Å². The highest BCUT2D eigenvalue weighted by Crippen LogP contribution is 2.33. The van der Waals surface area contributed by atoms with Crippen LogP contribution < -0.4 is 10.2 Å². The Kier molecular flexibility index (Phi) is 4.82. The molecule has 0 radical (unpaired) electrons. The second kappa shape index (κ2) is 6.59. The lowest BCUT2D eigenvalue weighted by molar-refractivity contribution is 0.412. The van der Waals surface area contributed by atoms with E-state index in [0.29, 0.717) is 10.8 Å². The van der Waals surface area contributed by atoms with Crippen LogP contribution in [0.1, 0.15) is 5.56 Å². The van der Waals surface area contributed by atoms with E-state index in [-0.39, 0.29) is 0 Å². The van der Waals surface area contributed by atoms with E-state index >= 15 is 0 Å². The third-order valence-corrected chi connectivity index (χ3v) is 3.28. The molecule has 0 saturated heterocycles. The molecule has 98 valence electrons. The Labute approximate surface area is 125 Å². The first-order valence-electron chi connectivity index (χ1n) is 5.58. The van der Waals surface area contributed by atoms with Crippen molar-refractivity contribution in [3.05, 3.63) is 57.5 Å². The number of halogens is 2. The number of nitrogens with zero attached hydrogens (tertiary/aromatic N) is 1. The van der Waals surface area contributed by atoms with Gasteiger partial charge in [-0.3, -0.25) is 5.43 Å². The van der Waals surface area contributed by atoms with Crippen molar-refractivity contribution in [3.63, 3.8) is 0 Å². The van der Waals surface area contributed by atoms with E-state index in [9.17, 15) is 0 Å². The van der Waals surface area contributed by atoms with Crippen LogP contribution in [0.2, 0.25) is 5.02 Å². The van der Waals surface area contributed by atoms with Crippen LogP contribution in [0.25, 0.3) is 0 Å². The zero-order valence-electron chi connectivity index (χ0n) is 10.2. The number of para-hydroxylation sites is 1. The highest BCUT2D eigenvalue weighted by molar-refractivity contribution is 9.10. The summed E-state index contributed by atoms with van der Waals surface area (Å²) in [6, 6.07) is 13.4. The Bertz CT molecular complexity index is 564. The molecule has 0 aliphatic heterocycles. The largest absolute Gasteiger partial charge is 0.494 e. The van der Waals surface area contributed by atoms with Crippen molar-refractivity contribution in [3.8, 4) is 5.75 Å². The normalized spacial score (nSPS) is 10.7. The quantitative estimate of drug-likeness (QED) is 0.654. The van der Waals surface area contributed by atoms with E-state index in [1.54, 1.807) is 19.4 Å². The molecule has 0 unspecified atom stereocenters. The molecule has 0 spiro atoms. The number of rotatable bonds is 4. The summed E-state index contributed by atoms with van der Waals surface area (Å²) in [5, 5.41) is 4.69. The van der Waals surface area contributed by atoms with Gasteiger partial charge in [-0.2, -0.15) is 5.10 Å². The Hall–Kier alpha value is -1.52. The van der Waals surface area contributed by atoms with Gasteiger partial charge in [0.05, 0.1) is 28.5 Å². The lowest BCUT2D eigenvalue weighted by Gasteiger charge is -2.06. The minimum atomic E-state index is 0.540. The number of anilines is 1. The van der Waals surface area contributed by atoms with E-state index < -0.39 is 0 Å². The second-order valence-corrected chi connectivity index (χ2v) is 5.02. The van der Waals surface area contributed by atoms with E-state index in [2.05, 4.69) is 26.5 Å². The lowest BCUT2D eigenvalue weighted by atomic mass is 10.2. The summed E-state index contributed by atoms with van der Waals surface area (Å²) >= 11 is 9.50. The summed E-state index contributed by atoms with van der Waals surface area (Å²) in [4.78, 5) is 0. The molecule has 2 aromatic carbocycles. The van der Waals surface area contributed by atoms with Crippen molar-refractivity contribution in [2.24, 2.45) is 5.10 Å². The van der Waals surface area contributed by atoms with E-state index in [1.807, 2.05) is 36.4 Å². The smallest absolute Gasteiger partial charge is 0.151 e. The van der Waals surface area contributed by atoms with E-state index in [4.69, 9.17) is 16.3 Å². The molecule has 1 N–H and O–H groups in total. The third-order valence-electron chi connectivity index (χ3n) is 2.41. The zero-order valence-corrected chi connectivity index (χ0v) is 12.6. The average Bonchev–Trinajstić information content (AvgIpc) is 2.40. The topological polar surface area (TPSA) is 33.6 Å². The van der Waals surface area contributed by atoms with Crippen LogP contribution in [0.5, 0.6) is 5.75 Å². The minimum Gasteiger partial charge on any atom is -0.494 e. The van der Waals surface area contributed by atoms with Crippen LogP contribution in [0, 0.1) is 0 Å². The molecule has 5 heteroatoms. The number of ether oxygens (including phenoxy) is 1. The molecule has 2 rings (SSSR count). The molecule has 0 aromatic heterocycles. The molecule has 0 aliphatic carbocycles. The van der Waals surface area contributed by atoms with Gasteiger partial charge in [0.1, 0.15) is 0 Å². The maximum absolute atomic E-state index is 6.09. The number of hydrogen-bond acceptors (Lipinski definition) is 3. The van der Waals surface area contributed by atoms with Crippen molar-refractivity contribution in [2.45, 2.75) is 0 Å². The predicted octanol–water partition coefficient (Wildman–Crippen LogP) is 4.56. The van der Waals surface area contributed by atoms with Crippen molar-refractivity contribution in [1.82, 2.24) is 0 Å². The van der Waals surface area contributed by atoms with Gasteiger partial charge in [0, 0.05) is 0 Å². The number of benzene rings is 2. The van der Waals surface area contributed by atoms with Crippen LogP contribution in [-0.4, -0.2) is 13.3 Å². The molecule has 0 saturated carbocycles. The number of nitrogens with one attached hydrogen (secondary N) is 1. The molecule has 0 aliphatic rings. The maximum Gasteiger partial charge on any atom is 0.151 e. The number of hydrazone groups is 1. The molecule has 2 aromatic rings. The fourth-order valence-corrected chi connectivity index (χ4v) is 2.60. The number of methoxy groups -OCH3 is 1. The summed E-state index contributed by atoms with van der Waals surface area (Å²) in [7, 11) is 1.58. The average molecular weight is 340 g/mol. The van der Waals surface area contributed by atoms with Gasteiger partial charge >= 0.3 is 0 Å². The van der Waals surface area contributed by atoms with Gasteiger partial charge in [-0.25, -0.2) is 0 Å². The zero-order chi connectivity index (χ0) is 13.7. The fourth-order valence-electron chi connectivity index (χ4n) is 1.54. The summed E-state index contributed by atoms with van der Waals surface area (Å²) in [5.74, 6) is 0.620. The first-order chi connectivity index (χ1) is 9.20. The van der Waals surface area contributed by atoms with Crippen LogP contribution in [0.3, 0.4) is 0 Å². The highest BCUT2D eigenvalue weighted by atomic mass is 79.9. The summed E-state index contributed by atoms with van der Waals surface area (Å²) in [6.07, 6.45) is 1.70. The molecular formula is C14H12BrClN2O. The third kappa shape index (κ3) is 3.72.